The summed E-state index contributed by atoms with van der Waals surface area (Å²) >= 11 is 0. The van der Waals surface area contributed by atoms with Crippen molar-refractivity contribution >= 4 is 0 Å². The van der Waals surface area contributed by atoms with Crippen molar-refractivity contribution in [1.29, 1.82) is 0 Å². The number of ether oxygens (including phenoxy) is 4. The molecule has 10 aromatic rings. The summed E-state index contributed by atoms with van der Waals surface area (Å²) in [7, 11) is 0. The molecule has 0 saturated carbocycles. The predicted molar refractivity (Wildman–Crippen MR) is 274 cm³/mol. The van der Waals surface area contributed by atoms with Crippen molar-refractivity contribution < 1.29 is 39.4 Å². The molecule has 342 valence electrons. The zero-order valence-corrected chi connectivity index (χ0v) is 37.9. The van der Waals surface area contributed by atoms with E-state index in [1.165, 1.54) is 0 Å². The molecule has 70 heavy (non-hydrogen) atoms. The van der Waals surface area contributed by atoms with Crippen molar-refractivity contribution in [2.24, 2.45) is 0 Å². The highest BCUT2D eigenvalue weighted by atomic mass is 16.5. The summed E-state index contributed by atoms with van der Waals surface area (Å²) in [5, 5.41) is 40.5. The first-order valence-electron chi connectivity index (χ1n) is 22.7. The molecule has 0 aliphatic rings. The van der Waals surface area contributed by atoms with E-state index in [1.54, 1.807) is 97.1 Å². The molecule has 1 atom stereocenters. The van der Waals surface area contributed by atoms with Crippen LogP contribution in [0.25, 0.3) is 33.4 Å². The summed E-state index contributed by atoms with van der Waals surface area (Å²) in [4.78, 5) is 0. The summed E-state index contributed by atoms with van der Waals surface area (Å²) in [5.74, 6) is 4.93. The van der Waals surface area contributed by atoms with E-state index in [0.717, 1.165) is 50.1 Å². The molecule has 1 unspecified atom stereocenters. The van der Waals surface area contributed by atoms with Gasteiger partial charge in [-0.25, -0.2) is 0 Å². The minimum atomic E-state index is -0.969. The third kappa shape index (κ3) is 9.56. The number of aromatic hydroxyl groups is 4. The smallest absolute Gasteiger partial charge is 0.135 e. The fraction of sp³-hybridized carbons (Fsp3) is 0.0323. The molecule has 8 nitrogen and oxygen atoms in total. The molecule has 0 aliphatic heterocycles. The molecule has 4 N–H and O–H groups in total. The van der Waals surface area contributed by atoms with E-state index >= 15 is 0 Å². The maximum atomic E-state index is 10.3. The van der Waals surface area contributed by atoms with Crippen molar-refractivity contribution in [3.8, 4) is 102 Å². The van der Waals surface area contributed by atoms with Gasteiger partial charge in [0.1, 0.15) is 69.0 Å². The highest BCUT2D eigenvalue weighted by Gasteiger charge is 2.36. The minimum Gasteiger partial charge on any atom is -0.508 e. The average molecular weight is 919 g/mol. The second kappa shape index (κ2) is 19.4. The molecule has 0 spiro atoms. The van der Waals surface area contributed by atoms with Gasteiger partial charge in [0.15, 0.2) is 0 Å². The molecule has 0 amide bonds. The first-order chi connectivity index (χ1) is 34.2. The monoisotopic (exact) mass is 918 g/mol. The van der Waals surface area contributed by atoms with E-state index in [9.17, 15) is 20.4 Å². The molecular formula is C62H46O8. The number of para-hydroxylation sites is 2. The molecule has 0 aromatic heterocycles. The van der Waals surface area contributed by atoms with E-state index < -0.39 is 5.41 Å². The van der Waals surface area contributed by atoms with E-state index in [1.807, 2.05) is 84.9 Å². The van der Waals surface area contributed by atoms with Crippen LogP contribution in [0.1, 0.15) is 23.6 Å². The van der Waals surface area contributed by atoms with Crippen LogP contribution in [0, 0.1) is 0 Å². The van der Waals surface area contributed by atoms with Gasteiger partial charge in [-0.05, 0) is 168 Å². The van der Waals surface area contributed by atoms with Crippen LogP contribution in [0.2, 0.25) is 0 Å². The molecule has 10 rings (SSSR count). The summed E-state index contributed by atoms with van der Waals surface area (Å²) in [6.45, 7) is 2.19. The van der Waals surface area contributed by atoms with E-state index in [4.69, 9.17) is 18.9 Å². The lowest BCUT2D eigenvalue weighted by atomic mass is 9.69. The fourth-order valence-electron chi connectivity index (χ4n) is 8.56. The fourth-order valence-corrected chi connectivity index (χ4v) is 8.56. The minimum absolute atomic E-state index is 0.117. The molecule has 0 aliphatic carbocycles. The molecule has 0 saturated heterocycles. The van der Waals surface area contributed by atoms with Crippen LogP contribution in [0.4, 0.5) is 0 Å². The van der Waals surface area contributed by atoms with Crippen LogP contribution >= 0.6 is 0 Å². The Morgan fingerprint density at radius 3 is 1.17 bits per heavy atom. The normalized spacial score (nSPS) is 11.8. The number of hydrogen-bond acceptors (Lipinski definition) is 8. The van der Waals surface area contributed by atoms with Crippen molar-refractivity contribution in [3.63, 3.8) is 0 Å². The van der Waals surface area contributed by atoms with Crippen LogP contribution in [0.15, 0.2) is 237 Å². The highest BCUT2D eigenvalue weighted by molar-refractivity contribution is 5.79. The molecule has 8 heteroatoms. The Morgan fingerprint density at radius 2 is 0.657 bits per heavy atom. The second-order valence-electron chi connectivity index (χ2n) is 16.9. The largest absolute Gasteiger partial charge is 0.508 e. The standard InChI is InChI=1S/C62H46O8/c1-62(44-18-15-42(16-19-44)41-9-3-2-4-10-41,45-20-38-60(69-52-33-25-48(65)26-34-52)56(40-45)55-12-6-8-14-59(55)68-51-31-23-47(64)24-32-51)57-39-43(17-37-61(57)70-53-35-27-49(66)28-36-53)54-11-5-7-13-58(54)67-50-29-21-46(63)22-30-50/h2-40,63-66H,1H3. The van der Waals surface area contributed by atoms with Gasteiger partial charge in [-0.3, -0.25) is 0 Å². The van der Waals surface area contributed by atoms with Gasteiger partial charge in [-0.15, -0.1) is 0 Å². The Kier molecular flexibility index (Phi) is 12.3. The third-order valence-electron chi connectivity index (χ3n) is 12.3. The van der Waals surface area contributed by atoms with Gasteiger partial charge in [0, 0.05) is 27.7 Å². The number of hydrogen-bond donors (Lipinski definition) is 4. The van der Waals surface area contributed by atoms with Crippen molar-refractivity contribution in [3.05, 3.63) is 253 Å². The molecular weight excluding hydrogens is 873 g/mol. The van der Waals surface area contributed by atoms with Gasteiger partial charge in [0.05, 0.1) is 0 Å². The van der Waals surface area contributed by atoms with Gasteiger partial charge in [-0.1, -0.05) is 103 Å². The Bertz CT molecular complexity index is 3390. The number of phenolic OH excluding ortho intramolecular Hbond substituents is 4. The van der Waals surface area contributed by atoms with Crippen LogP contribution in [0.3, 0.4) is 0 Å². The van der Waals surface area contributed by atoms with Crippen LogP contribution < -0.4 is 18.9 Å². The molecule has 0 radical (unpaired) electrons. The SMILES string of the molecule is CC(c1ccc(-c2ccccc2)cc1)(c1ccc(Oc2ccc(O)cc2)c(-c2ccccc2Oc2ccc(O)cc2)c1)c1cc(-c2ccccc2Oc2ccc(O)cc2)ccc1Oc1ccc(O)cc1. The first kappa shape index (κ1) is 44.4. The van der Waals surface area contributed by atoms with Gasteiger partial charge in [0.2, 0.25) is 0 Å². The lowest BCUT2D eigenvalue weighted by Crippen LogP contribution is -2.26. The van der Waals surface area contributed by atoms with Crippen LogP contribution in [-0.2, 0) is 5.41 Å². The van der Waals surface area contributed by atoms with E-state index in [2.05, 4.69) is 61.5 Å². The Morgan fingerprint density at radius 1 is 0.286 bits per heavy atom. The summed E-state index contributed by atoms with van der Waals surface area (Å²) in [6.07, 6.45) is 0. The third-order valence-corrected chi connectivity index (χ3v) is 12.3. The Balaban J connectivity index is 1.21. The number of rotatable bonds is 14. The molecule has 0 heterocycles. The zero-order chi connectivity index (χ0) is 48.0. The Labute approximate surface area is 405 Å². The molecule has 10 aromatic carbocycles. The maximum Gasteiger partial charge on any atom is 0.135 e. The second-order valence-corrected chi connectivity index (χ2v) is 16.9. The summed E-state index contributed by atoms with van der Waals surface area (Å²) < 4.78 is 26.5. The Hall–Kier alpha value is -9.40. The predicted octanol–water partition coefficient (Wildman–Crippen LogP) is 16.0. The first-order valence-corrected chi connectivity index (χ1v) is 22.7. The van der Waals surface area contributed by atoms with E-state index in [-0.39, 0.29) is 23.0 Å². The quantitative estimate of drug-likeness (QED) is 0.0797. The van der Waals surface area contributed by atoms with Crippen LogP contribution in [-0.4, -0.2) is 20.4 Å². The molecule has 0 fully saturated rings. The number of phenols is 4. The van der Waals surface area contributed by atoms with Gasteiger partial charge < -0.3 is 39.4 Å². The van der Waals surface area contributed by atoms with Crippen LogP contribution in [0.5, 0.6) is 69.0 Å². The highest BCUT2D eigenvalue weighted by Crippen LogP contribution is 2.50. The van der Waals surface area contributed by atoms with Gasteiger partial charge in [-0.2, -0.15) is 0 Å². The zero-order valence-electron chi connectivity index (χ0n) is 37.9. The number of benzene rings is 10. The summed E-state index contributed by atoms with van der Waals surface area (Å²) in [5.41, 5.74) is 6.97. The van der Waals surface area contributed by atoms with Crippen molar-refractivity contribution in [1.82, 2.24) is 0 Å². The lowest BCUT2D eigenvalue weighted by molar-refractivity contribution is 0.456. The lowest BCUT2D eigenvalue weighted by Gasteiger charge is -2.34. The average Bonchev–Trinajstić information content (AvgIpc) is 3.40. The van der Waals surface area contributed by atoms with Gasteiger partial charge >= 0.3 is 0 Å². The van der Waals surface area contributed by atoms with E-state index in [0.29, 0.717) is 46.0 Å². The maximum absolute atomic E-state index is 10.3. The van der Waals surface area contributed by atoms with Crippen molar-refractivity contribution in [2.45, 2.75) is 12.3 Å². The molecule has 0 bridgehead atoms. The topological polar surface area (TPSA) is 118 Å². The van der Waals surface area contributed by atoms with Gasteiger partial charge in [0.25, 0.3) is 0 Å². The van der Waals surface area contributed by atoms with Crippen molar-refractivity contribution in [2.75, 3.05) is 0 Å². The summed E-state index contributed by atoms with van der Waals surface area (Å²) in [6, 6.07) is 73.1.